The third kappa shape index (κ3) is 3.52. The molecule has 0 radical (unpaired) electrons. The van der Waals surface area contributed by atoms with Crippen LogP contribution in [-0.4, -0.2) is 42.7 Å². The summed E-state index contributed by atoms with van der Waals surface area (Å²) < 4.78 is 39.5. The van der Waals surface area contributed by atoms with Crippen LogP contribution in [0.4, 0.5) is 13.2 Å². The quantitative estimate of drug-likeness (QED) is 0.906. The highest BCUT2D eigenvalue weighted by molar-refractivity contribution is 5.94. The fourth-order valence-corrected chi connectivity index (χ4v) is 3.84. The zero-order valence-electron chi connectivity index (χ0n) is 12.9. The Morgan fingerprint density at radius 2 is 1.91 bits per heavy atom. The first-order valence-corrected chi connectivity index (χ1v) is 8.11. The zero-order valence-corrected chi connectivity index (χ0v) is 12.9. The molecule has 3 atom stereocenters. The van der Waals surface area contributed by atoms with Gasteiger partial charge in [0.05, 0.1) is 5.92 Å². The van der Waals surface area contributed by atoms with Crippen LogP contribution in [0.3, 0.4) is 0 Å². The van der Waals surface area contributed by atoms with Gasteiger partial charge in [-0.15, -0.1) is 0 Å². The molecule has 1 aromatic rings. The number of amides is 1. The molecule has 2 aliphatic rings. The van der Waals surface area contributed by atoms with Crippen LogP contribution in [0.5, 0.6) is 0 Å². The molecule has 3 unspecified atom stereocenters. The molecule has 23 heavy (non-hydrogen) atoms. The van der Waals surface area contributed by atoms with Gasteiger partial charge in [0.25, 0.3) is 5.91 Å². The third-order valence-corrected chi connectivity index (χ3v) is 4.96. The van der Waals surface area contributed by atoms with E-state index in [2.05, 4.69) is 5.32 Å². The molecule has 1 aromatic carbocycles. The Labute approximate surface area is 133 Å². The molecule has 0 aliphatic carbocycles. The molecule has 1 amide bonds. The maximum atomic E-state index is 13.2. The van der Waals surface area contributed by atoms with Crippen LogP contribution in [0.15, 0.2) is 30.3 Å². The Balaban J connectivity index is 1.70. The van der Waals surface area contributed by atoms with E-state index in [4.69, 9.17) is 0 Å². The second-order valence-electron chi connectivity index (χ2n) is 6.44. The molecule has 6 heteroatoms. The SMILES string of the molecule is O=C(c1ccccc1)N1CCCC(C2NCCC2C(F)(F)F)C1. The first-order chi connectivity index (χ1) is 11.0. The van der Waals surface area contributed by atoms with Crippen LogP contribution in [0.1, 0.15) is 29.6 Å². The Morgan fingerprint density at radius 3 is 2.61 bits per heavy atom. The third-order valence-electron chi connectivity index (χ3n) is 4.96. The number of carbonyl (C=O) groups excluding carboxylic acids is 1. The van der Waals surface area contributed by atoms with Crippen molar-refractivity contribution in [2.75, 3.05) is 19.6 Å². The van der Waals surface area contributed by atoms with Crippen molar-refractivity contribution < 1.29 is 18.0 Å². The van der Waals surface area contributed by atoms with E-state index in [0.717, 1.165) is 12.8 Å². The normalized spacial score (nSPS) is 28.8. The molecule has 2 saturated heterocycles. The molecule has 2 fully saturated rings. The minimum absolute atomic E-state index is 0.0862. The summed E-state index contributed by atoms with van der Waals surface area (Å²) in [5.74, 6) is -1.51. The number of hydrogen-bond acceptors (Lipinski definition) is 2. The molecule has 2 aliphatic heterocycles. The molecule has 0 aromatic heterocycles. The fraction of sp³-hybridized carbons (Fsp3) is 0.588. The van der Waals surface area contributed by atoms with Gasteiger partial charge >= 0.3 is 6.18 Å². The summed E-state index contributed by atoms with van der Waals surface area (Å²) >= 11 is 0. The van der Waals surface area contributed by atoms with Crippen molar-refractivity contribution in [1.29, 1.82) is 0 Å². The largest absolute Gasteiger partial charge is 0.393 e. The highest BCUT2D eigenvalue weighted by Crippen LogP contribution is 2.39. The minimum Gasteiger partial charge on any atom is -0.338 e. The smallest absolute Gasteiger partial charge is 0.338 e. The van der Waals surface area contributed by atoms with Crippen molar-refractivity contribution in [3.8, 4) is 0 Å². The molecule has 3 rings (SSSR count). The average molecular weight is 326 g/mol. The van der Waals surface area contributed by atoms with Gasteiger partial charge in [0.15, 0.2) is 0 Å². The monoisotopic (exact) mass is 326 g/mol. The molecule has 1 N–H and O–H groups in total. The highest BCUT2D eigenvalue weighted by Gasteiger charge is 2.50. The molecular weight excluding hydrogens is 305 g/mol. The first kappa shape index (κ1) is 16.3. The molecule has 126 valence electrons. The van der Waals surface area contributed by atoms with Gasteiger partial charge in [-0.25, -0.2) is 0 Å². The van der Waals surface area contributed by atoms with Crippen LogP contribution >= 0.6 is 0 Å². The predicted octanol–water partition coefficient (Wildman–Crippen LogP) is 3.08. The molecule has 0 saturated carbocycles. The zero-order chi connectivity index (χ0) is 16.4. The van der Waals surface area contributed by atoms with Gasteiger partial charge in [0.2, 0.25) is 0 Å². The summed E-state index contributed by atoms with van der Waals surface area (Å²) in [5, 5.41) is 3.02. The van der Waals surface area contributed by atoms with Crippen molar-refractivity contribution >= 4 is 5.91 Å². The van der Waals surface area contributed by atoms with Crippen molar-refractivity contribution in [3.63, 3.8) is 0 Å². The number of halogens is 3. The number of benzene rings is 1. The number of rotatable bonds is 2. The number of piperidine rings is 1. The van der Waals surface area contributed by atoms with Gasteiger partial charge in [0.1, 0.15) is 0 Å². The number of hydrogen-bond donors (Lipinski definition) is 1. The number of nitrogens with zero attached hydrogens (tertiary/aromatic N) is 1. The maximum absolute atomic E-state index is 13.2. The topological polar surface area (TPSA) is 32.3 Å². The second-order valence-corrected chi connectivity index (χ2v) is 6.44. The summed E-state index contributed by atoms with van der Waals surface area (Å²) in [6.45, 7) is 1.42. The summed E-state index contributed by atoms with van der Waals surface area (Å²) in [5.41, 5.74) is 0.597. The Hall–Kier alpha value is -1.56. The van der Waals surface area contributed by atoms with Gasteiger partial charge in [-0.2, -0.15) is 13.2 Å². The van der Waals surface area contributed by atoms with Crippen molar-refractivity contribution in [3.05, 3.63) is 35.9 Å². The van der Waals surface area contributed by atoms with Crippen molar-refractivity contribution in [2.24, 2.45) is 11.8 Å². The van der Waals surface area contributed by atoms with Crippen molar-refractivity contribution in [1.82, 2.24) is 10.2 Å². The van der Waals surface area contributed by atoms with Crippen LogP contribution in [0, 0.1) is 11.8 Å². The summed E-state index contributed by atoms with van der Waals surface area (Å²) in [4.78, 5) is 14.2. The molecule has 0 bridgehead atoms. The Bertz CT molecular complexity index is 547. The van der Waals surface area contributed by atoms with Gasteiger partial charge in [0, 0.05) is 24.7 Å². The lowest BCUT2D eigenvalue weighted by molar-refractivity contribution is -0.180. The molecule has 0 spiro atoms. The van der Waals surface area contributed by atoms with E-state index in [9.17, 15) is 18.0 Å². The summed E-state index contributed by atoms with van der Waals surface area (Å²) in [7, 11) is 0. The van der Waals surface area contributed by atoms with E-state index >= 15 is 0 Å². The second kappa shape index (κ2) is 6.51. The number of carbonyl (C=O) groups is 1. The van der Waals surface area contributed by atoms with E-state index in [-0.39, 0.29) is 18.2 Å². The Kier molecular flexibility index (Phi) is 4.62. The van der Waals surface area contributed by atoms with Crippen LogP contribution in [0.25, 0.3) is 0 Å². The summed E-state index contributed by atoms with van der Waals surface area (Å²) in [6.07, 6.45) is -2.54. The van der Waals surface area contributed by atoms with Gasteiger partial charge in [-0.3, -0.25) is 4.79 Å². The van der Waals surface area contributed by atoms with Gasteiger partial charge in [-0.05, 0) is 43.9 Å². The standard InChI is InChI=1S/C17H21F3N2O/c18-17(19,20)14-8-9-21-15(14)13-7-4-10-22(11-13)16(23)12-5-2-1-3-6-12/h1-3,5-6,13-15,21H,4,7-11H2. The van der Waals surface area contributed by atoms with E-state index in [1.807, 2.05) is 6.07 Å². The minimum atomic E-state index is -4.17. The van der Waals surface area contributed by atoms with Gasteiger partial charge in [-0.1, -0.05) is 18.2 Å². The number of nitrogens with one attached hydrogen (secondary N) is 1. The van der Waals surface area contributed by atoms with E-state index < -0.39 is 18.1 Å². The maximum Gasteiger partial charge on any atom is 0.393 e. The predicted molar refractivity (Wildman–Crippen MR) is 81.0 cm³/mol. The summed E-state index contributed by atoms with van der Waals surface area (Å²) in [6, 6.07) is 8.36. The lowest BCUT2D eigenvalue weighted by Gasteiger charge is -2.38. The highest BCUT2D eigenvalue weighted by atomic mass is 19.4. The molecule has 3 nitrogen and oxygen atoms in total. The van der Waals surface area contributed by atoms with Crippen LogP contribution in [-0.2, 0) is 0 Å². The van der Waals surface area contributed by atoms with E-state index in [1.165, 1.54) is 0 Å². The van der Waals surface area contributed by atoms with Crippen LogP contribution < -0.4 is 5.32 Å². The lowest BCUT2D eigenvalue weighted by atomic mass is 9.83. The first-order valence-electron chi connectivity index (χ1n) is 8.11. The molecular formula is C17H21F3N2O. The molecule has 2 heterocycles. The van der Waals surface area contributed by atoms with E-state index in [1.54, 1.807) is 29.2 Å². The lowest BCUT2D eigenvalue weighted by Crippen LogP contribution is -2.49. The Morgan fingerprint density at radius 1 is 1.17 bits per heavy atom. The van der Waals surface area contributed by atoms with E-state index in [0.29, 0.717) is 25.2 Å². The number of likely N-dealkylation sites (tertiary alicyclic amines) is 1. The fourth-order valence-electron chi connectivity index (χ4n) is 3.84. The average Bonchev–Trinajstić information content (AvgIpc) is 3.05. The van der Waals surface area contributed by atoms with Gasteiger partial charge < -0.3 is 10.2 Å². The van der Waals surface area contributed by atoms with Crippen LogP contribution in [0.2, 0.25) is 0 Å². The van der Waals surface area contributed by atoms with Crippen molar-refractivity contribution in [2.45, 2.75) is 31.5 Å². The number of alkyl halides is 3.